The van der Waals surface area contributed by atoms with Gasteiger partial charge in [0.25, 0.3) is 0 Å². The highest BCUT2D eigenvalue weighted by molar-refractivity contribution is 7.92. The molecule has 28 heavy (non-hydrogen) atoms. The van der Waals surface area contributed by atoms with E-state index in [1.165, 1.54) is 21.9 Å². The second-order valence-electron chi connectivity index (χ2n) is 7.66. The summed E-state index contributed by atoms with van der Waals surface area (Å²) in [6, 6.07) is 11.6. The lowest BCUT2D eigenvalue weighted by molar-refractivity contribution is -0.120. The lowest BCUT2D eigenvalue weighted by atomic mass is 10.0. The number of nitrogens with zero attached hydrogens (tertiary/aromatic N) is 1. The molecule has 1 amide bonds. The summed E-state index contributed by atoms with van der Waals surface area (Å²) in [5, 5.41) is 2.95. The van der Waals surface area contributed by atoms with Gasteiger partial charge in [0.15, 0.2) is 0 Å². The molecule has 2 aromatic rings. The van der Waals surface area contributed by atoms with Crippen LogP contribution in [-0.4, -0.2) is 27.1 Å². The molecule has 150 valence electrons. The Kier molecular flexibility index (Phi) is 5.79. The lowest BCUT2D eigenvalue weighted by Gasteiger charge is -2.25. The third-order valence-corrected chi connectivity index (χ3v) is 6.66. The highest BCUT2D eigenvalue weighted by atomic mass is 32.2. The van der Waals surface area contributed by atoms with Crippen LogP contribution in [0.15, 0.2) is 36.4 Å². The van der Waals surface area contributed by atoms with Crippen LogP contribution in [0, 0.1) is 13.8 Å². The van der Waals surface area contributed by atoms with Gasteiger partial charge in [0.1, 0.15) is 6.54 Å². The van der Waals surface area contributed by atoms with Crippen LogP contribution in [0.5, 0.6) is 0 Å². The Morgan fingerprint density at radius 2 is 1.86 bits per heavy atom. The first-order valence-electron chi connectivity index (χ1n) is 9.62. The zero-order valence-electron chi connectivity index (χ0n) is 17.0. The van der Waals surface area contributed by atoms with Crippen molar-refractivity contribution in [1.29, 1.82) is 0 Å². The first-order valence-corrected chi connectivity index (χ1v) is 11.5. The number of hydrogen-bond acceptors (Lipinski definition) is 3. The van der Waals surface area contributed by atoms with Gasteiger partial charge >= 0.3 is 0 Å². The Morgan fingerprint density at radius 1 is 1.14 bits per heavy atom. The highest BCUT2D eigenvalue weighted by Gasteiger charge is 2.24. The molecule has 1 aliphatic rings. The molecule has 0 aromatic heterocycles. The van der Waals surface area contributed by atoms with Gasteiger partial charge in [-0.25, -0.2) is 8.42 Å². The van der Waals surface area contributed by atoms with Gasteiger partial charge in [-0.15, -0.1) is 0 Å². The van der Waals surface area contributed by atoms with Gasteiger partial charge in [-0.05, 0) is 73.9 Å². The van der Waals surface area contributed by atoms with Crippen LogP contribution in [0.1, 0.15) is 47.2 Å². The fourth-order valence-electron chi connectivity index (χ4n) is 3.75. The monoisotopic (exact) mass is 400 g/mol. The maximum atomic E-state index is 12.7. The molecule has 0 saturated carbocycles. The fourth-order valence-corrected chi connectivity index (χ4v) is 4.66. The van der Waals surface area contributed by atoms with Gasteiger partial charge in [-0.1, -0.05) is 30.3 Å². The number of nitrogens with one attached hydrogen (secondary N) is 1. The van der Waals surface area contributed by atoms with Crippen LogP contribution in [-0.2, 0) is 27.7 Å². The molecule has 1 aliphatic carbocycles. The van der Waals surface area contributed by atoms with E-state index in [1.54, 1.807) is 12.1 Å². The van der Waals surface area contributed by atoms with Crippen molar-refractivity contribution in [2.75, 3.05) is 17.1 Å². The number of rotatable bonds is 6. The van der Waals surface area contributed by atoms with Crippen LogP contribution < -0.4 is 9.62 Å². The summed E-state index contributed by atoms with van der Waals surface area (Å²) in [6.07, 6.45) is 4.51. The lowest BCUT2D eigenvalue weighted by Crippen LogP contribution is -2.41. The second-order valence-corrected chi connectivity index (χ2v) is 9.57. The van der Waals surface area contributed by atoms with Crippen LogP contribution in [0.3, 0.4) is 0 Å². The Morgan fingerprint density at radius 3 is 2.57 bits per heavy atom. The van der Waals surface area contributed by atoms with E-state index in [-0.39, 0.29) is 18.5 Å². The largest absolute Gasteiger partial charge is 0.348 e. The standard InChI is InChI=1S/C22H28N2O3S/c1-15-7-5-10-21(16(15)2)24(28(4,26)27)14-22(25)23-17(3)19-12-11-18-8-6-9-20(18)13-19/h5,7,10-13,17H,6,8-9,14H2,1-4H3,(H,23,25)/t17-/m0/s1. The quantitative estimate of drug-likeness (QED) is 0.808. The third-order valence-electron chi connectivity index (χ3n) is 5.53. The number of fused-ring (bicyclic) bond motifs is 1. The molecule has 3 rings (SSSR count). The Bertz CT molecular complexity index is 999. The molecule has 0 spiro atoms. The van der Waals surface area contributed by atoms with Crippen molar-refractivity contribution in [2.45, 2.75) is 46.1 Å². The van der Waals surface area contributed by atoms with Gasteiger partial charge in [-0.2, -0.15) is 0 Å². The average molecular weight is 401 g/mol. The zero-order valence-corrected chi connectivity index (χ0v) is 17.8. The maximum absolute atomic E-state index is 12.7. The van der Waals surface area contributed by atoms with E-state index < -0.39 is 10.0 Å². The molecule has 6 heteroatoms. The predicted molar refractivity (Wildman–Crippen MR) is 113 cm³/mol. The number of sulfonamides is 1. The van der Waals surface area contributed by atoms with Gasteiger partial charge in [0.2, 0.25) is 15.9 Å². The number of amides is 1. The summed E-state index contributed by atoms with van der Waals surface area (Å²) in [6.45, 7) is 5.49. The number of benzene rings is 2. The molecule has 0 unspecified atom stereocenters. The zero-order chi connectivity index (χ0) is 20.5. The molecule has 0 aliphatic heterocycles. The van der Waals surface area contributed by atoms with Gasteiger partial charge < -0.3 is 5.32 Å². The van der Waals surface area contributed by atoms with E-state index in [1.807, 2.05) is 32.9 Å². The van der Waals surface area contributed by atoms with Crippen molar-refractivity contribution in [3.8, 4) is 0 Å². The number of anilines is 1. The van der Waals surface area contributed by atoms with E-state index in [9.17, 15) is 13.2 Å². The fraction of sp³-hybridized carbons (Fsp3) is 0.409. The maximum Gasteiger partial charge on any atom is 0.241 e. The number of carbonyl (C=O) groups excluding carboxylic acids is 1. The number of hydrogen-bond donors (Lipinski definition) is 1. The Labute approximate surface area is 167 Å². The number of aryl methyl sites for hydroxylation is 3. The first-order chi connectivity index (χ1) is 13.2. The minimum absolute atomic E-state index is 0.182. The molecule has 0 fully saturated rings. The second kappa shape index (κ2) is 7.95. The van der Waals surface area contributed by atoms with Crippen LogP contribution in [0.25, 0.3) is 0 Å². The molecule has 1 N–H and O–H groups in total. The number of carbonyl (C=O) groups is 1. The van der Waals surface area contributed by atoms with Crippen molar-refractivity contribution >= 4 is 21.6 Å². The van der Waals surface area contributed by atoms with Crippen molar-refractivity contribution in [1.82, 2.24) is 5.32 Å². The molecule has 0 heterocycles. The topological polar surface area (TPSA) is 66.5 Å². The summed E-state index contributed by atoms with van der Waals surface area (Å²) in [5.41, 5.74) is 6.17. The van der Waals surface area contributed by atoms with Crippen LogP contribution in [0.4, 0.5) is 5.69 Å². The van der Waals surface area contributed by atoms with Crippen molar-refractivity contribution < 1.29 is 13.2 Å². The van der Waals surface area contributed by atoms with Crippen molar-refractivity contribution in [3.05, 3.63) is 64.2 Å². The van der Waals surface area contributed by atoms with Crippen LogP contribution >= 0.6 is 0 Å². The molecule has 1 atom stereocenters. The minimum Gasteiger partial charge on any atom is -0.348 e. The summed E-state index contributed by atoms with van der Waals surface area (Å²) in [5.74, 6) is -0.320. The molecular weight excluding hydrogens is 372 g/mol. The van der Waals surface area contributed by atoms with Gasteiger partial charge in [0, 0.05) is 0 Å². The van der Waals surface area contributed by atoms with Gasteiger partial charge in [0.05, 0.1) is 18.0 Å². The van der Waals surface area contributed by atoms with E-state index in [2.05, 4.69) is 17.4 Å². The summed E-state index contributed by atoms with van der Waals surface area (Å²) < 4.78 is 25.9. The molecule has 0 saturated heterocycles. The molecule has 0 bridgehead atoms. The normalized spacial score (nSPS) is 14.4. The molecule has 5 nitrogen and oxygen atoms in total. The Balaban J connectivity index is 1.76. The van der Waals surface area contributed by atoms with E-state index in [0.29, 0.717) is 5.69 Å². The van der Waals surface area contributed by atoms with Crippen LogP contribution in [0.2, 0.25) is 0 Å². The van der Waals surface area contributed by atoms with E-state index >= 15 is 0 Å². The third kappa shape index (κ3) is 4.38. The summed E-state index contributed by atoms with van der Waals surface area (Å²) in [4.78, 5) is 12.7. The average Bonchev–Trinajstić information content (AvgIpc) is 3.09. The predicted octanol–water partition coefficient (Wildman–Crippen LogP) is 3.44. The smallest absolute Gasteiger partial charge is 0.241 e. The minimum atomic E-state index is -3.59. The first kappa shape index (κ1) is 20.4. The molecule has 0 radical (unpaired) electrons. The summed E-state index contributed by atoms with van der Waals surface area (Å²) in [7, 11) is -3.59. The van der Waals surface area contributed by atoms with E-state index in [0.717, 1.165) is 35.8 Å². The molecular formula is C22H28N2O3S. The van der Waals surface area contributed by atoms with E-state index in [4.69, 9.17) is 0 Å². The SMILES string of the molecule is Cc1cccc(N(CC(=O)N[C@@H](C)c2ccc3c(c2)CCC3)S(C)(=O)=O)c1C. The molecule has 2 aromatic carbocycles. The summed E-state index contributed by atoms with van der Waals surface area (Å²) >= 11 is 0. The van der Waals surface area contributed by atoms with Crippen molar-refractivity contribution in [2.24, 2.45) is 0 Å². The highest BCUT2D eigenvalue weighted by Crippen LogP contribution is 2.26. The van der Waals surface area contributed by atoms with Crippen molar-refractivity contribution in [3.63, 3.8) is 0 Å². The van der Waals surface area contributed by atoms with Gasteiger partial charge in [-0.3, -0.25) is 9.10 Å². The Hall–Kier alpha value is -2.34.